The molecule has 0 amide bonds. The van der Waals surface area contributed by atoms with Gasteiger partial charge in [-0.15, -0.1) is 0 Å². The van der Waals surface area contributed by atoms with Gasteiger partial charge in [-0.25, -0.2) is 0 Å². The zero-order valence-corrected chi connectivity index (χ0v) is 11.4. The third-order valence-electron chi connectivity index (χ3n) is 3.12. The van der Waals surface area contributed by atoms with E-state index in [4.69, 9.17) is 23.2 Å². The van der Waals surface area contributed by atoms with Crippen molar-refractivity contribution in [3.8, 4) is 0 Å². The SMILES string of the molecule is Clc1ccc(CNCCN2CCCC2)cc1Cl. The summed E-state index contributed by atoms with van der Waals surface area (Å²) in [5.74, 6) is 0. The van der Waals surface area contributed by atoms with Crippen molar-refractivity contribution in [1.82, 2.24) is 10.2 Å². The van der Waals surface area contributed by atoms with Crippen LogP contribution in [0.2, 0.25) is 10.0 Å². The molecule has 0 radical (unpaired) electrons. The molecule has 1 saturated heterocycles. The smallest absolute Gasteiger partial charge is 0.0595 e. The van der Waals surface area contributed by atoms with Crippen LogP contribution in [0.25, 0.3) is 0 Å². The van der Waals surface area contributed by atoms with E-state index in [0.29, 0.717) is 10.0 Å². The summed E-state index contributed by atoms with van der Waals surface area (Å²) in [6.07, 6.45) is 2.71. The minimum Gasteiger partial charge on any atom is -0.311 e. The van der Waals surface area contributed by atoms with E-state index >= 15 is 0 Å². The fourth-order valence-corrected chi connectivity index (χ4v) is 2.45. The average Bonchev–Trinajstić information content (AvgIpc) is 2.82. The Bertz CT molecular complexity index is 362. The summed E-state index contributed by atoms with van der Waals surface area (Å²) in [5, 5.41) is 4.68. The number of nitrogens with zero attached hydrogens (tertiary/aromatic N) is 1. The Balaban J connectivity index is 1.68. The van der Waals surface area contributed by atoms with Crippen molar-refractivity contribution in [3.05, 3.63) is 33.8 Å². The third kappa shape index (κ3) is 4.14. The highest BCUT2D eigenvalue weighted by molar-refractivity contribution is 6.42. The molecular formula is C13H18Cl2N2. The molecule has 1 N–H and O–H groups in total. The molecule has 0 aromatic heterocycles. The lowest BCUT2D eigenvalue weighted by Gasteiger charge is -2.14. The normalized spacial score (nSPS) is 16.6. The first-order valence-electron chi connectivity index (χ1n) is 6.13. The summed E-state index contributed by atoms with van der Waals surface area (Å²) >= 11 is 11.8. The predicted octanol–water partition coefficient (Wildman–Crippen LogP) is 3.18. The standard InChI is InChI=1S/C13H18Cl2N2/c14-12-4-3-11(9-13(12)15)10-16-5-8-17-6-1-2-7-17/h3-4,9,16H,1-2,5-8,10H2. The zero-order valence-electron chi connectivity index (χ0n) is 9.88. The van der Waals surface area contributed by atoms with Crippen LogP contribution in [-0.2, 0) is 6.54 Å². The second kappa shape index (κ2) is 6.60. The summed E-state index contributed by atoms with van der Waals surface area (Å²) in [5.41, 5.74) is 1.18. The minimum absolute atomic E-state index is 0.618. The van der Waals surface area contributed by atoms with Gasteiger partial charge in [-0.3, -0.25) is 0 Å². The van der Waals surface area contributed by atoms with Crippen LogP contribution in [0.5, 0.6) is 0 Å². The van der Waals surface area contributed by atoms with Gasteiger partial charge in [0.15, 0.2) is 0 Å². The molecular weight excluding hydrogens is 255 g/mol. The first kappa shape index (κ1) is 13.2. The quantitative estimate of drug-likeness (QED) is 0.829. The van der Waals surface area contributed by atoms with Crippen LogP contribution in [-0.4, -0.2) is 31.1 Å². The number of hydrogen-bond acceptors (Lipinski definition) is 2. The van der Waals surface area contributed by atoms with E-state index in [9.17, 15) is 0 Å². The van der Waals surface area contributed by atoms with Crippen LogP contribution in [0.4, 0.5) is 0 Å². The fraction of sp³-hybridized carbons (Fsp3) is 0.538. The molecule has 0 atom stereocenters. The molecule has 4 heteroatoms. The molecule has 1 fully saturated rings. The van der Waals surface area contributed by atoms with Crippen molar-refractivity contribution in [2.45, 2.75) is 19.4 Å². The lowest BCUT2D eigenvalue weighted by atomic mass is 10.2. The second-order valence-electron chi connectivity index (χ2n) is 4.47. The second-order valence-corrected chi connectivity index (χ2v) is 5.29. The monoisotopic (exact) mass is 272 g/mol. The molecule has 1 aliphatic rings. The first-order valence-corrected chi connectivity index (χ1v) is 6.88. The first-order chi connectivity index (χ1) is 8.25. The van der Waals surface area contributed by atoms with Gasteiger partial charge in [-0.2, -0.15) is 0 Å². The summed E-state index contributed by atoms with van der Waals surface area (Å²) in [6, 6.07) is 5.78. The maximum absolute atomic E-state index is 5.96. The zero-order chi connectivity index (χ0) is 12.1. The van der Waals surface area contributed by atoms with Crippen LogP contribution in [0.15, 0.2) is 18.2 Å². The molecule has 0 bridgehead atoms. The fourth-order valence-electron chi connectivity index (χ4n) is 2.13. The topological polar surface area (TPSA) is 15.3 Å². The van der Waals surface area contributed by atoms with Gasteiger partial charge >= 0.3 is 0 Å². The van der Waals surface area contributed by atoms with Crippen LogP contribution in [0.3, 0.4) is 0 Å². The Labute approximate surface area is 113 Å². The molecule has 17 heavy (non-hydrogen) atoms. The van der Waals surface area contributed by atoms with E-state index in [2.05, 4.69) is 10.2 Å². The number of hydrogen-bond donors (Lipinski definition) is 1. The number of halogens is 2. The maximum atomic E-state index is 5.96. The van der Waals surface area contributed by atoms with Gasteiger partial charge < -0.3 is 10.2 Å². The average molecular weight is 273 g/mol. The van der Waals surface area contributed by atoms with Crippen molar-refractivity contribution in [2.24, 2.45) is 0 Å². The highest BCUT2D eigenvalue weighted by Gasteiger charge is 2.09. The van der Waals surface area contributed by atoms with Crippen LogP contribution < -0.4 is 5.32 Å². The number of nitrogens with one attached hydrogen (secondary N) is 1. The van der Waals surface area contributed by atoms with Gasteiger partial charge in [0.2, 0.25) is 0 Å². The summed E-state index contributed by atoms with van der Waals surface area (Å²) < 4.78 is 0. The van der Waals surface area contributed by atoms with Gasteiger partial charge in [0.1, 0.15) is 0 Å². The molecule has 2 rings (SSSR count). The largest absolute Gasteiger partial charge is 0.311 e. The maximum Gasteiger partial charge on any atom is 0.0595 e. The molecule has 1 heterocycles. The van der Waals surface area contributed by atoms with Gasteiger partial charge in [0.25, 0.3) is 0 Å². The third-order valence-corrected chi connectivity index (χ3v) is 3.86. The number of benzene rings is 1. The lowest BCUT2D eigenvalue weighted by Crippen LogP contribution is -2.29. The van der Waals surface area contributed by atoms with Crippen molar-refractivity contribution in [2.75, 3.05) is 26.2 Å². The van der Waals surface area contributed by atoms with Gasteiger partial charge in [0, 0.05) is 19.6 Å². The highest BCUT2D eigenvalue weighted by atomic mass is 35.5. The van der Waals surface area contributed by atoms with Crippen LogP contribution in [0.1, 0.15) is 18.4 Å². The summed E-state index contributed by atoms with van der Waals surface area (Å²) in [7, 11) is 0. The summed E-state index contributed by atoms with van der Waals surface area (Å²) in [6.45, 7) is 5.54. The molecule has 1 aliphatic heterocycles. The summed E-state index contributed by atoms with van der Waals surface area (Å²) in [4.78, 5) is 2.50. The highest BCUT2D eigenvalue weighted by Crippen LogP contribution is 2.22. The molecule has 2 nitrogen and oxygen atoms in total. The minimum atomic E-state index is 0.618. The Hall–Kier alpha value is -0.280. The predicted molar refractivity (Wildman–Crippen MR) is 73.8 cm³/mol. The van der Waals surface area contributed by atoms with Crippen molar-refractivity contribution in [3.63, 3.8) is 0 Å². The van der Waals surface area contributed by atoms with E-state index < -0.39 is 0 Å². The molecule has 1 aromatic rings. The van der Waals surface area contributed by atoms with Crippen molar-refractivity contribution < 1.29 is 0 Å². The number of rotatable bonds is 5. The molecule has 0 unspecified atom stereocenters. The molecule has 94 valence electrons. The van der Waals surface area contributed by atoms with Gasteiger partial charge in [0.05, 0.1) is 10.0 Å². The van der Waals surface area contributed by atoms with E-state index in [1.54, 1.807) is 0 Å². The van der Waals surface area contributed by atoms with Gasteiger partial charge in [-0.1, -0.05) is 29.3 Å². The van der Waals surface area contributed by atoms with Crippen LogP contribution in [0, 0.1) is 0 Å². The Morgan fingerprint density at radius 1 is 1.12 bits per heavy atom. The Morgan fingerprint density at radius 2 is 1.88 bits per heavy atom. The van der Waals surface area contributed by atoms with E-state index in [1.165, 1.54) is 31.5 Å². The lowest BCUT2D eigenvalue weighted by molar-refractivity contribution is 0.335. The Morgan fingerprint density at radius 3 is 2.59 bits per heavy atom. The Kier molecular flexibility index (Phi) is 5.11. The number of likely N-dealkylation sites (tertiary alicyclic amines) is 1. The van der Waals surface area contributed by atoms with Crippen molar-refractivity contribution in [1.29, 1.82) is 0 Å². The molecule has 0 saturated carbocycles. The van der Waals surface area contributed by atoms with Crippen molar-refractivity contribution >= 4 is 23.2 Å². The van der Waals surface area contributed by atoms with Crippen LogP contribution >= 0.6 is 23.2 Å². The van der Waals surface area contributed by atoms with E-state index in [1.807, 2.05) is 18.2 Å². The molecule has 0 spiro atoms. The van der Waals surface area contributed by atoms with Gasteiger partial charge in [-0.05, 0) is 43.6 Å². The molecule has 0 aliphatic carbocycles. The molecule has 1 aromatic carbocycles. The van der Waals surface area contributed by atoms with E-state index in [0.717, 1.165) is 19.6 Å². The van der Waals surface area contributed by atoms with E-state index in [-0.39, 0.29) is 0 Å².